The maximum Gasteiger partial charge on any atom is 0.359 e. The number of nitrogens with one attached hydrogen (secondary N) is 1. The number of nitrogens with zero attached hydrogens (tertiary/aromatic N) is 3. The molecule has 2 aromatic rings. The Morgan fingerprint density at radius 3 is 2.68 bits per heavy atom. The van der Waals surface area contributed by atoms with Crippen LogP contribution in [0, 0.1) is 0 Å². The lowest BCUT2D eigenvalue weighted by molar-refractivity contribution is -0.134. The van der Waals surface area contributed by atoms with Crippen LogP contribution in [0.4, 0.5) is 0 Å². The summed E-state index contributed by atoms with van der Waals surface area (Å²) in [5.74, 6) is -0.807. The Labute approximate surface area is 180 Å². The number of hydrogen-bond donors (Lipinski definition) is 1. The molecule has 1 atom stereocenters. The average Bonchev–Trinajstić information content (AvgIpc) is 3.35. The Hall–Kier alpha value is -3.10. The van der Waals surface area contributed by atoms with Gasteiger partial charge in [-0.3, -0.25) is 9.59 Å². The van der Waals surface area contributed by atoms with E-state index in [1.165, 1.54) is 37.4 Å². The zero-order valence-electron chi connectivity index (χ0n) is 17.9. The molecule has 0 unspecified atom stereocenters. The SMILES string of the molecule is COC(=O)c1ncn2c1C(=O)N(Cc1ccco1)[C@@](C)(C(=O)NC1CCCCCC1)C2. The van der Waals surface area contributed by atoms with Gasteiger partial charge in [0, 0.05) is 6.04 Å². The fraction of sp³-hybridized carbons (Fsp3) is 0.545. The molecule has 31 heavy (non-hydrogen) atoms. The number of carbonyl (C=O) groups excluding carboxylic acids is 3. The highest BCUT2D eigenvalue weighted by Crippen LogP contribution is 2.31. The summed E-state index contributed by atoms with van der Waals surface area (Å²) in [7, 11) is 1.24. The molecule has 2 aliphatic rings. The first-order chi connectivity index (χ1) is 14.9. The monoisotopic (exact) mass is 428 g/mol. The standard InChI is InChI=1S/C22H28N4O5/c1-22(21(29)24-15-8-5-3-4-6-9-15)13-25-14-23-17(20(28)30-2)18(25)19(27)26(22)12-16-10-7-11-31-16/h7,10-11,14-15H,3-6,8-9,12-13H2,1-2H3,(H,24,29)/t22-/m1/s1. The van der Waals surface area contributed by atoms with Gasteiger partial charge < -0.3 is 23.9 Å². The summed E-state index contributed by atoms with van der Waals surface area (Å²) in [5, 5.41) is 3.18. The lowest BCUT2D eigenvalue weighted by atomic mass is 9.93. The maximum atomic E-state index is 13.5. The van der Waals surface area contributed by atoms with Gasteiger partial charge in [0.1, 0.15) is 17.0 Å². The molecule has 1 N–H and O–H groups in total. The second kappa shape index (κ2) is 8.56. The zero-order chi connectivity index (χ0) is 22.0. The van der Waals surface area contributed by atoms with Gasteiger partial charge >= 0.3 is 5.97 Å². The number of carbonyl (C=O) groups is 3. The Bertz CT molecular complexity index is 959. The van der Waals surface area contributed by atoms with E-state index in [4.69, 9.17) is 9.15 Å². The molecule has 1 fully saturated rings. The van der Waals surface area contributed by atoms with Gasteiger partial charge in [-0.05, 0) is 31.9 Å². The minimum atomic E-state index is -1.17. The average molecular weight is 428 g/mol. The summed E-state index contributed by atoms with van der Waals surface area (Å²) in [6.45, 7) is 2.03. The number of ether oxygens (including phenoxy) is 1. The van der Waals surface area contributed by atoms with Gasteiger partial charge in [-0.1, -0.05) is 25.7 Å². The van der Waals surface area contributed by atoms with Gasteiger partial charge in [-0.15, -0.1) is 0 Å². The molecule has 0 aromatic carbocycles. The molecule has 1 aliphatic carbocycles. The molecule has 0 spiro atoms. The van der Waals surface area contributed by atoms with Crippen LogP contribution in [-0.4, -0.2) is 50.9 Å². The van der Waals surface area contributed by atoms with Gasteiger partial charge in [-0.25, -0.2) is 9.78 Å². The second-order valence-corrected chi connectivity index (χ2v) is 8.47. The first kappa shape index (κ1) is 21.1. The molecule has 9 nitrogen and oxygen atoms in total. The summed E-state index contributed by atoms with van der Waals surface area (Å²) in [6, 6.07) is 3.59. The summed E-state index contributed by atoms with van der Waals surface area (Å²) < 4.78 is 11.8. The molecule has 166 valence electrons. The third kappa shape index (κ3) is 3.96. The van der Waals surface area contributed by atoms with E-state index in [1.54, 1.807) is 23.6 Å². The molecule has 3 heterocycles. The molecule has 0 radical (unpaired) electrons. The van der Waals surface area contributed by atoms with Gasteiger partial charge in [0.15, 0.2) is 5.69 Å². The van der Waals surface area contributed by atoms with E-state index in [0.717, 1.165) is 25.7 Å². The third-order valence-corrected chi connectivity index (χ3v) is 6.31. The van der Waals surface area contributed by atoms with Crippen LogP contribution < -0.4 is 5.32 Å². The number of fused-ring (bicyclic) bond motifs is 1. The molecule has 0 bridgehead atoms. The Balaban J connectivity index is 1.68. The third-order valence-electron chi connectivity index (χ3n) is 6.31. The van der Waals surface area contributed by atoms with E-state index < -0.39 is 17.4 Å². The zero-order valence-corrected chi connectivity index (χ0v) is 17.9. The summed E-state index contributed by atoms with van der Waals surface area (Å²) >= 11 is 0. The van der Waals surface area contributed by atoms with Crippen LogP contribution in [-0.2, 0) is 22.6 Å². The lowest BCUT2D eigenvalue weighted by Gasteiger charge is -2.44. The van der Waals surface area contributed by atoms with E-state index in [9.17, 15) is 14.4 Å². The molecule has 2 aromatic heterocycles. The largest absolute Gasteiger partial charge is 0.467 e. The van der Waals surface area contributed by atoms with Crippen molar-refractivity contribution < 1.29 is 23.5 Å². The number of methoxy groups -OCH3 is 1. The van der Waals surface area contributed by atoms with Crippen LogP contribution in [0.1, 0.15) is 72.2 Å². The smallest absolute Gasteiger partial charge is 0.359 e. The molecule has 4 rings (SSSR count). The topological polar surface area (TPSA) is 107 Å². The Morgan fingerprint density at radius 2 is 2.03 bits per heavy atom. The molecule has 1 saturated carbocycles. The van der Waals surface area contributed by atoms with Gasteiger partial charge in [0.25, 0.3) is 5.91 Å². The van der Waals surface area contributed by atoms with E-state index in [-0.39, 0.29) is 36.4 Å². The number of hydrogen-bond acceptors (Lipinski definition) is 6. The van der Waals surface area contributed by atoms with Gasteiger partial charge in [-0.2, -0.15) is 0 Å². The van der Waals surface area contributed by atoms with Crippen molar-refractivity contribution in [2.24, 2.45) is 0 Å². The Kier molecular flexibility index (Phi) is 5.84. The van der Waals surface area contributed by atoms with Crippen LogP contribution in [0.3, 0.4) is 0 Å². The van der Waals surface area contributed by atoms with Crippen molar-refractivity contribution in [3.8, 4) is 0 Å². The predicted octanol–water partition coefficient (Wildman–Crippen LogP) is 2.52. The molecule has 1 aliphatic heterocycles. The van der Waals surface area contributed by atoms with Crippen molar-refractivity contribution in [2.75, 3.05) is 7.11 Å². The number of esters is 1. The van der Waals surface area contributed by atoms with E-state index >= 15 is 0 Å². The van der Waals surface area contributed by atoms with Crippen molar-refractivity contribution in [3.63, 3.8) is 0 Å². The number of furan rings is 1. The van der Waals surface area contributed by atoms with Gasteiger partial charge in [0.2, 0.25) is 5.91 Å². The first-order valence-corrected chi connectivity index (χ1v) is 10.7. The van der Waals surface area contributed by atoms with E-state index in [1.807, 2.05) is 0 Å². The molecular formula is C22H28N4O5. The number of imidazole rings is 1. The van der Waals surface area contributed by atoms with Crippen LogP contribution in [0.5, 0.6) is 0 Å². The molecule has 9 heteroatoms. The summed E-state index contributed by atoms with van der Waals surface area (Å²) in [5.41, 5.74) is -1.10. The van der Waals surface area contributed by atoms with Crippen molar-refractivity contribution in [2.45, 2.75) is 70.1 Å². The number of aromatic nitrogens is 2. The van der Waals surface area contributed by atoms with Crippen LogP contribution in [0.2, 0.25) is 0 Å². The van der Waals surface area contributed by atoms with Crippen molar-refractivity contribution in [3.05, 3.63) is 41.9 Å². The number of amides is 2. The van der Waals surface area contributed by atoms with E-state index in [0.29, 0.717) is 5.76 Å². The highest BCUT2D eigenvalue weighted by atomic mass is 16.5. The minimum absolute atomic E-state index is 0.0526. The molecule has 0 saturated heterocycles. The maximum absolute atomic E-state index is 13.5. The molecule has 2 amide bonds. The van der Waals surface area contributed by atoms with E-state index in [2.05, 4.69) is 10.3 Å². The van der Waals surface area contributed by atoms with Crippen LogP contribution in [0.25, 0.3) is 0 Å². The predicted molar refractivity (Wildman–Crippen MR) is 110 cm³/mol. The number of rotatable bonds is 5. The summed E-state index contributed by atoms with van der Waals surface area (Å²) in [6.07, 6.45) is 9.36. The summed E-state index contributed by atoms with van der Waals surface area (Å²) in [4.78, 5) is 44.8. The highest BCUT2D eigenvalue weighted by molar-refractivity contribution is 6.06. The fourth-order valence-corrected chi connectivity index (χ4v) is 4.51. The second-order valence-electron chi connectivity index (χ2n) is 8.47. The van der Waals surface area contributed by atoms with Crippen LogP contribution in [0.15, 0.2) is 29.1 Å². The highest BCUT2D eigenvalue weighted by Gasteiger charge is 2.49. The normalized spacial score (nSPS) is 22.0. The minimum Gasteiger partial charge on any atom is -0.467 e. The Morgan fingerprint density at radius 1 is 1.29 bits per heavy atom. The fourth-order valence-electron chi connectivity index (χ4n) is 4.51. The first-order valence-electron chi connectivity index (χ1n) is 10.7. The van der Waals surface area contributed by atoms with Crippen molar-refractivity contribution in [1.29, 1.82) is 0 Å². The lowest BCUT2D eigenvalue weighted by Crippen LogP contribution is -2.64. The van der Waals surface area contributed by atoms with Crippen molar-refractivity contribution in [1.82, 2.24) is 19.8 Å². The molecular weight excluding hydrogens is 400 g/mol. The van der Waals surface area contributed by atoms with Gasteiger partial charge in [0.05, 0.1) is 32.8 Å². The van der Waals surface area contributed by atoms with Crippen LogP contribution >= 0.6 is 0 Å². The quantitative estimate of drug-likeness (QED) is 0.579. The van der Waals surface area contributed by atoms with Crippen molar-refractivity contribution >= 4 is 17.8 Å².